The van der Waals surface area contributed by atoms with Crippen molar-refractivity contribution in [1.82, 2.24) is 5.32 Å². The zero-order valence-corrected chi connectivity index (χ0v) is 16.5. The Labute approximate surface area is 161 Å². The van der Waals surface area contributed by atoms with E-state index in [2.05, 4.69) is 40.5 Å². The maximum Gasteiger partial charge on any atom is 0.407 e. The second kappa shape index (κ2) is 7.91. The molecule has 5 heteroatoms. The standard InChI is InChI=1S/C22H28N2O3/c1-22(2,3)27-21(25)23-15-16-12-13-26-20-14-18(10-11-19(16)20)24(4)17-8-6-5-7-9-17/h5-11,14,16H,12-13,15H2,1-4H3,(H,23,25)/t16-/m0/s1. The molecule has 1 heterocycles. The minimum absolute atomic E-state index is 0.220. The first-order valence-electron chi connectivity index (χ1n) is 9.36. The number of ether oxygens (including phenoxy) is 2. The Balaban J connectivity index is 1.70. The van der Waals surface area contributed by atoms with Gasteiger partial charge in [0.1, 0.15) is 11.4 Å². The van der Waals surface area contributed by atoms with Crippen molar-refractivity contribution in [2.45, 2.75) is 38.7 Å². The summed E-state index contributed by atoms with van der Waals surface area (Å²) >= 11 is 0. The molecule has 1 aliphatic rings. The molecule has 3 rings (SSSR count). The molecule has 0 spiro atoms. The lowest BCUT2D eigenvalue weighted by molar-refractivity contribution is 0.0521. The Morgan fingerprint density at radius 3 is 2.63 bits per heavy atom. The number of hydrogen-bond donors (Lipinski definition) is 1. The number of carbonyl (C=O) groups is 1. The average Bonchev–Trinajstić information content (AvgIpc) is 2.64. The van der Waals surface area contributed by atoms with E-state index in [0.717, 1.165) is 29.1 Å². The predicted octanol–water partition coefficient (Wildman–Crippen LogP) is 4.85. The molecule has 1 N–H and O–H groups in total. The number of benzene rings is 2. The minimum Gasteiger partial charge on any atom is -0.493 e. The van der Waals surface area contributed by atoms with Crippen molar-refractivity contribution in [3.63, 3.8) is 0 Å². The molecule has 0 saturated carbocycles. The highest BCUT2D eigenvalue weighted by molar-refractivity contribution is 5.68. The third kappa shape index (κ3) is 4.94. The molecule has 0 aliphatic carbocycles. The fourth-order valence-electron chi connectivity index (χ4n) is 3.19. The number of amides is 1. The topological polar surface area (TPSA) is 50.8 Å². The second-order valence-corrected chi connectivity index (χ2v) is 7.83. The van der Waals surface area contributed by atoms with E-state index in [0.29, 0.717) is 13.2 Å². The average molecular weight is 368 g/mol. The van der Waals surface area contributed by atoms with Gasteiger partial charge in [0, 0.05) is 37.0 Å². The van der Waals surface area contributed by atoms with Crippen LogP contribution in [0, 0.1) is 0 Å². The molecule has 0 fully saturated rings. The second-order valence-electron chi connectivity index (χ2n) is 7.83. The summed E-state index contributed by atoms with van der Waals surface area (Å²) in [6, 6.07) is 16.5. The highest BCUT2D eigenvalue weighted by Gasteiger charge is 2.24. The zero-order valence-electron chi connectivity index (χ0n) is 16.5. The summed E-state index contributed by atoms with van der Waals surface area (Å²) in [5.74, 6) is 1.11. The number of rotatable bonds is 4. The van der Waals surface area contributed by atoms with Crippen LogP contribution < -0.4 is 15.0 Å². The van der Waals surface area contributed by atoms with Crippen molar-refractivity contribution < 1.29 is 14.3 Å². The summed E-state index contributed by atoms with van der Waals surface area (Å²) in [5.41, 5.74) is 2.83. The first-order valence-corrected chi connectivity index (χ1v) is 9.36. The zero-order chi connectivity index (χ0) is 19.4. The third-order valence-corrected chi connectivity index (χ3v) is 4.58. The fourth-order valence-corrected chi connectivity index (χ4v) is 3.19. The molecule has 0 bridgehead atoms. The summed E-state index contributed by atoms with van der Waals surface area (Å²) in [7, 11) is 2.04. The largest absolute Gasteiger partial charge is 0.493 e. The molecular weight excluding hydrogens is 340 g/mol. The van der Waals surface area contributed by atoms with E-state index in [9.17, 15) is 4.79 Å². The van der Waals surface area contributed by atoms with Gasteiger partial charge in [-0.25, -0.2) is 4.79 Å². The van der Waals surface area contributed by atoms with Crippen LogP contribution in [-0.2, 0) is 4.74 Å². The molecule has 1 amide bonds. The quantitative estimate of drug-likeness (QED) is 0.838. The summed E-state index contributed by atoms with van der Waals surface area (Å²) < 4.78 is 11.2. The van der Waals surface area contributed by atoms with Gasteiger partial charge in [0.25, 0.3) is 0 Å². The van der Waals surface area contributed by atoms with Gasteiger partial charge in [0.2, 0.25) is 0 Å². The molecule has 0 unspecified atom stereocenters. The molecule has 2 aromatic rings. The van der Waals surface area contributed by atoms with Crippen LogP contribution in [0.5, 0.6) is 5.75 Å². The molecule has 1 atom stereocenters. The highest BCUT2D eigenvalue weighted by atomic mass is 16.6. The van der Waals surface area contributed by atoms with Gasteiger partial charge >= 0.3 is 6.09 Å². The van der Waals surface area contributed by atoms with Gasteiger partial charge in [-0.2, -0.15) is 0 Å². The summed E-state index contributed by atoms with van der Waals surface area (Å²) in [4.78, 5) is 14.1. The molecule has 27 heavy (non-hydrogen) atoms. The Bertz CT molecular complexity index is 784. The molecular formula is C22H28N2O3. The maximum atomic E-state index is 11.9. The van der Waals surface area contributed by atoms with Gasteiger partial charge < -0.3 is 19.7 Å². The minimum atomic E-state index is -0.491. The maximum absolute atomic E-state index is 11.9. The molecule has 0 radical (unpaired) electrons. The monoisotopic (exact) mass is 368 g/mol. The summed E-state index contributed by atoms with van der Waals surface area (Å²) in [6.07, 6.45) is 0.493. The Morgan fingerprint density at radius 1 is 1.19 bits per heavy atom. The van der Waals surface area contributed by atoms with E-state index in [1.165, 1.54) is 0 Å². The Hall–Kier alpha value is -2.69. The normalized spacial score (nSPS) is 16.1. The van der Waals surface area contributed by atoms with Gasteiger partial charge in [-0.15, -0.1) is 0 Å². The molecule has 2 aromatic carbocycles. The van der Waals surface area contributed by atoms with E-state index in [-0.39, 0.29) is 12.0 Å². The number of fused-ring (bicyclic) bond motifs is 1. The lowest BCUT2D eigenvalue weighted by Crippen LogP contribution is -2.35. The first-order chi connectivity index (χ1) is 12.8. The van der Waals surface area contributed by atoms with Crippen LogP contribution in [0.15, 0.2) is 48.5 Å². The smallest absolute Gasteiger partial charge is 0.407 e. The van der Waals surface area contributed by atoms with Crippen molar-refractivity contribution in [1.29, 1.82) is 0 Å². The molecule has 1 aliphatic heterocycles. The number of alkyl carbamates (subject to hydrolysis) is 1. The molecule has 0 saturated heterocycles. The van der Waals surface area contributed by atoms with E-state index in [1.54, 1.807) is 0 Å². The van der Waals surface area contributed by atoms with E-state index < -0.39 is 5.60 Å². The Kier molecular flexibility index (Phi) is 5.59. The van der Waals surface area contributed by atoms with Gasteiger partial charge in [0.15, 0.2) is 0 Å². The van der Waals surface area contributed by atoms with Crippen LogP contribution in [0.3, 0.4) is 0 Å². The number of hydrogen-bond acceptors (Lipinski definition) is 4. The van der Waals surface area contributed by atoms with Gasteiger partial charge in [-0.3, -0.25) is 0 Å². The molecule has 0 aromatic heterocycles. The first kappa shape index (κ1) is 19.1. The van der Waals surface area contributed by atoms with E-state index in [4.69, 9.17) is 9.47 Å². The predicted molar refractivity (Wildman–Crippen MR) is 108 cm³/mol. The fraction of sp³-hybridized carbons (Fsp3) is 0.409. The van der Waals surface area contributed by atoms with Crippen molar-refractivity contribution in [2.24, 2.45) is 0 Å². The molecule has 5 nitrogen and oxygen atoms in total. The SMILES string of the molecule is CN(c1ccccc1)c1ccc2c(c1)OCC[C@H]2CNC(=O)OC(C)(C)C. The number of nitrogens with one attached hydrogen (secondary N) is 1. The molecule has 144 valence electrons. The van der Waals surface area contributed by atoms with Crippen LogP contribution in [0.25, 0.3) is 0 Å². The van der Waals surface area contributed by atoms with Gasteiger partial charge in [-0.1, -0.05) is 24.3 Å². The lowest BCUT2D eigenvalue weighted by atomic mass is 9.92. The van der Waals surface area contributed by atoms with Crippen LogP contribution >= 0.6 is 0 Å². The van der Waals surface area contributed by atoms with E-state index >= 15 is 0 Å². The van der Waals surface area contributed by atoms with Crippen LogP contribution in [-0.4, -0.2) is 31.9 Å². The van der Waals surface area contributed by atoms with Crippen LogP contribution in [0.4, 0.5) is 16.2 Å². The number of nitrogens with zero attached hydrogens (tertiary/aromatic N) is 1. The van der Waals surface area contributed by atoms with Crippen molar-refractivity contribution in [3.05, 3.63) is 54.1 Å². The van der Waals surface area contributed by atoms with Crippen molar-refractivity contribution in [3.8, 4) is 5.75 Å². The van der Waals surface area contributed by atoms with Crippen LogP contribution in [0.1, 0.15) is 38.7 Å². The number of carbonyl (C=O) groups excluding carboxylic acids is 1. The van der Waals surface area contributed by atoms with E-state index in [1.807, 2.05) is 46.0 Å². The van der Waals surface area contributed by atoms with Crippen molar-refractivity contribution >= 4 is 17.5 Å². The summed E-state index contributed by atoms with van der Waals surface area (Å²) in [5, 5.41) is 2.89. The van der Waals surface area contributed by atoms with Gasteiger partial charge in [-0.05, 0) is 51.0 Å². The van der Waals surface area contributed by atoms with Crippen LogP contribution in [0.2, 0.25) is 0 Å². The number of anilines is 2. The summed E-state index contributed by atoms with van der Waals surface area (Å²) in [6.45, 7) is 6.77. The third-order valence-electron chi connectivity index (χ3n) is 4.58. The number of para-hydroxylation sites is 1. The van der Waals surface area contributed by atoms with Crippen molar-refractivity contribution in [2.75, 3.05) is 25.1 Å². The highest BCUT2D eigenvalue weighted by Crippen LogP contribution is 2.37. The lowest BCUT2D eigenvalue weighted by Gasteiger charge is -2.28. The Morgan fingerprint density at radius 2 is 1.93 bits per heavy atom. The van der Waals surface area contributed by atoms with Gasteiger partial charge in [0.05, 0.1) is 6.61 Å².